The van der Waals surface area contributed by atoms with Gasteiger partial charge in [0.2, 0.25) is 0 Å². The molecule has 4 N–H and O–H groups in total. The molecule has 1 amide bonds. The van der Waals surface area contributed by atoms with E-state index in [2.05, 4.69) is 26.1 Å². The summed E-state index contributed by atoms with van der Waals surface area (Å²) in [7, 11) is 0. The van der Waals surface area contributed by atoms with Crippen LogP contribution in [0, 0.1) is 46.3 Å². The second-order valence-electron chi connectivity index (χ2n) is 13.7. The molecular formula is C32H45NO6. The largest absolute Gasteiger partial charge is 0.481 e. The number of nitrogens with one attached hydrogen (secondary N) is 1. The van der Waals surface area contributed by atoms with Gasteiger partial charge < -0.3 is 20.6 Å². The molecule has 4 fully saturated rings. The highest BCUT2D eigenvalue weighted by atomic mass is 16.4. The summed E-state index contributed by atoms with van der Waals surface area (Å²) >= 11 is 0. The molecule has 0 saturated heterocycles. The average Bonchev–Trinajstić information content (AvgIpc) is 3.26. The molecule has 1 aromatic rings. The van der Waals surface area contributed by atoms with Crippen molar-refractivity contribution in [1.82, 2.24) is 5.32 Å². The predicted octanol–water partition coefficient (Wildman–Crippen LogP) is 5.61. The topological polar surface area (TPSA) is 124 Å². The molecule has 0 spiro atoms. The van der Waals surface area contributed by atoms with Crippen molar-refractivity contribution in [2.24, 2.45) is 46.3 Å². The summed E-state index contributed by atoms with van der Waals surface area (Å²) in [4.78, 5) is 35.8. The minimum Gasteiger partial charge on any atom is -0.481 e. The van der Waals surface area contributed by atoms with Gasteiger partial charge in [-0.1, -0.05) is 32.9 Å². The first kappa shape index (κ1) is 28.1. The number of carbonyl (C=O) groups excluding carboxylic acids is 1. The zero-order chi connectivity index (χ0) is 28.1. The van der Waals surface area contributed by atoms with Gasteiger partial charge >= 0.3 is 11.9 Å². The summed E-state index contributed by atoms with van der Waals surface area (Å²) in [6.45, 7) is 6.90. The van der Waals surface area contributed by atoms with Gasteiger partial charge in [-0.15, -0.1) is 0 Å². The van der Waals surface area contributed by atoms with Gasteiger partial charge in [0.15, 0.2) is 0 Å². The van der Waals surface area contributed by atoms with E-state index in [9.17, 15) is 29.7 Å². The van der Waals surface area contributed by atoms with Crippen LogP contribution in [0.25, 0.3) is 0 Å². The highest BCUT2D eigenvalue weighted by molar-refractivity contribution is 6.04. The van der Waals surface area contributed by atoms with E-state index in [1.165, 1.54) is 6.07 Å². The number of aliphatic hydroxyl groups is 1. The third-order valence-electron chi connectivity index (χ3n) is 12.1. The number of aliphatic carboxylic acids is 1. The first-order valence-corrected chi connectivity index (χ1v) is 15.0. The number of rotatable bonds is 7. The fourth-order valence-corrected chi connectivity index (χ4v) is 10.00. The van der Waals surface area contributed by atoms with E-state index in [0.29, 0.717) is 41.9 Å². The lowest BCUT2D eigenvalue weighted by molar-refractivity contribution is -0.169. The zero-order valence-corrected chi connectivity index (χ0v) is 23.6. The first-order chi connectivity index (χ1) is 18.5. The van der Waals surface area contributed by atoms with Crippen LogP contribution in [0.2, 0.25) is 0 Å². The van der Waals surface area contributed by atoms with Crippen molar-refractivity contribution in [2.45, 2.75) is 97.1 Å². The third-order valence-corrected chi connectivity index (χ3v) is 12.1. The maximum Gasteiger partial charge on any atom is 0.336 e. The Hall–Kier alpha value is -2.41. The number of benzene rings is 1. The van der Waals surface area contributed by atoms with Crippen molar-refractivity contribution in [3.63, 3.8) is 0 Å². The minimum absolute atomic E-state index is 0.0266. The van der Waals surface area contributed by atoms with Gasteiger partial charge in [0.05, 0.1) is 17.2 Å². The lowest BCUT2D eigenvalue weighted by Gasteiger charge is -2.62. The Balaban J connectivity index is 1.28. The van der Waals surface area contributed by atoms with Crippen molar-refractivity contribution in [1.29, 1.82) is 0 Å². The van der Waals surface area contributed by atoms with Gasteiger partial charge in [-0.2, -0.15) is 0 Å². The second-order valence-corrected chi connectivity index (χ2v) is 13.7. The van der Waals surface area contributed by atoms with Gasteiger partial charge in [0, 0.05) is 12.5 Å². The van der Waals surface area contributed by atoms with Crippen molar-refractivity contribution < 1.29 is 29.7 Å². The van der Waals surface area contributed by atoms with Crippen molar-refractivity contribution in [2.75, 3.05) is 0 Å². The van der Waals surface area contributed by atoms with Gasteiger partial charge in [-0.25, -0.2) is 4.79 Å². The fourth-order valence-electron chi connectivity index (χ4n) is 10.00. The maximum absolute atomic E-state index is 13.0. The molecule has 0 radical (unpaired) electrons. The van der Waals surface area contributed by atoms with Crippen LogP contribution >= 0.6 is 0 Å². The number of fused-ring (bicyclic) bond motifs is 5. The molecule has 4 saturated carbocycles. The number of aliphatic hydroxyl groups excluding tert-OH is 1. The first-order valence-electron chi connectivity index (χ1n) is 15.0. The van der Waals surface area contributed by atoms with Crippen molar-refractivity contribution in [3.05, 3.63) is 35.4 Å². The molecule has 0 heterocycles. The maximum atomic E-state index is 13.0. The second kappa shape index (κ2) is 10.5. The van der Waals surface area contributed by atoms with Gasteiger partial charge in [-0.3, -0.25) is 9.59 Å². The van der Waals surface area contributed by atoms with E-state index in [1.807, 2.05) is 0 Å². The number of aromatic carboxylic acids is 1. The monoisotopic (exact) mass is 539 g/mol. The van der Waals surface area contributed by atoms with Crippen LogP contribution in [-0.4, -0.2) is 45.3 Å². The standard InChI is InChI=1S/C32H45NO6/c1-18(8-13-28(35)36)24-11-12-25-23-10-9-19-16-20(33-29(37)21-6-4-5-7-22(21)30(38)39)14-15-31(19,2)26(23)17-27(34)32(24,25)3/h4-7,18-20,23-27,34H,8-17H2,1-3H3,(H,33,37)(H,35,36)(H,38,39)/t18?,19?,20?,23?,24-,25?,26?,27?,31+,32-/m1/s1. The quantitative estimate of drug-likeness (QED) is 0.357. The van der Waals surface area contributed by atoms with E-state index in [1.54, 1.807) is 18.2 Å². The van der Waals surface area contributed by atoms with Crippen molar-refractivity contribution in [3.8, 4) is 0 Å². The van der Waals surface area contributed by atoms with Crippen molar-refractivity contribution >= 4 is 17.8 Å². The Morgan fingerprint density at radius 2 is 1.69 bits per heavy atom. The molecular weight excluding hydrogens is 494 g/mol. The van der Waals surface area contributed by atoms with Crippen LogP contribution in [0.3, 0.4) is 0 Å². The van der Waals surface area contributed by atoms with Crippen LogP contribution in [-0.2, 0) is 4.79 Å². The molecule has 0 aromatic heterocycles. The van der Waals surface area contributed by atoms with Crippen LogP contribution < -0.4 is 5.32 Å². The van der Waals surface area contributed by atoms with Crippen LogP contribution in [0.1, 0.15) is 106 Å². The summed E-state index contributed by atoms with van der Waals surface area (Å²) in [6.07, 6.45) is 8.55. The van der Waals surface area contributed by atoms with Crippen LogP contribution in [0.4, 0.5) is 0 Å². The predicted molar refractivity (Wildman–Crippen MR) is 147 cm³/mol. The number of carboxylic acid groups (broad SMARTS) is 2. The molecule has 1 aromatic carbocycles. The van der Waals surface area contributed by atoms with Gasteiger partial charge in [0.1, 0.15) is 0 Å². The Bertz CT molecular complexity index is 1120. The molecule has 214 valence electrons. The molecule has 4 aliphatic carbocycles. The summed E-state index contributed by atoms with van der Waals surface area (Å²) in [5.74, 6) is 0.503. The molecule has 7 unspecified atom stereocenters. The zero-order valence-electron chi connectivity index (χ0n) is 23.6. The normalized spacial score (nSPS) is 40.1. The number of hydrogen-bond donors (Lipinski definition) is 4. The lowest BCUT2D eigenvalue weighted by Crippen LogP contribution is -2.59. The molecule has 4 aliphatic rings. The number of hydrogen-bond acceptors (Lipinski definition) is 4. The number of amides is 1. The summed E-state index contributed by atoms with van der Waals surface area (Å²) in [5, 5.41) is 33.6. The molecule has 7 heteroatoms. The van der Waals surface area contributed by atoms with Crippen LogP contribution in [0.5, 0.6) is 0 Å². The third kappa shape index (κ3) is 4.79. The molecule has 39 heavy (non-hydrogen) atoms. The van der Waals surface area contributed by atoms with Crippen LogP contribution in [0.15, 0.2) is 24.3 Å². The molecule has 5 rings (SSSR count). The van der Waals surface area contributed by atoms with E-state index < -0.39 is 11.9 Å². The van der Waals surface area contributed by atoms with E-state index in [4.69, 9.17) is 0 Å². The molecule has 10 atom stereocenters. The highest BCUT2D eigenvalue weighted by Crippen LogP contribution is 2.68. The van der Waals surface area contributed by atoms with E-state index >= 15 is 0 Å². The molecule has 0 aliphatic heterocycles. The Morgan fingerprint density at radius 3 is 2.38 bits per heavy atom. The van der Waals surface area contributed by atoms with Gasteiger partial charge in [-0.05, 0) is 116 Å². The Kier molecular flexibility index (Phi) is 7.60. The molecule has 7 nitrogen and oxygen atoms in total. The van der Waals surface area contributed by atoms with Gasteiger partial charge in [0.25, 0.3) is 5.91 Å². The summed E-state index contributed by atoms with van der Waals surface area (Å²) < 4.78 is 0. The Labute approximate surface area is 231 Å². The smallest absolute Gasteiger partial charge is 0.336 e. The fraction of sp³-hybridized carbons (Fsp3) is 0.719. The highest BCUT2D eigenvalue weighted by Gasteiger charge is 2.63. The molecule has 0 bridgehead atoms. The summed E-state index contributed by atoms with van der Waals surface area (Å²) in [5.41, 5.74) is 0.219. The van der Waals surface area contributed by atoms with E-state index in [0.717, 1.165) is 51.4 Å². The minimum atomic E-state index is -1.09. The Morgan fingerprint density at radius 1 is 0.974 bits per heavy atom. The summed E-state index contributed by atoms with van der Waals surface area (Å²) in [6, 6.07) is 6.41. The lowest BCUT2D eigenvalue weighted by atomic mass is 9.43. The number of carboxylic acids is 2. The number of carbonyl (C=O) groups is 3. The average molecular weight is 540 g/mol. The SMILES string of the molecule is CC(CCC(=O)O)[C@H]1CCC2C3CCC4CC(NC(=O)c5ccccc5C(=O)O)CC[C@]4(C)C3CC(O)[C@@]21C. The van der Waals surface area contributed by atoms with E-state index in [-0.39, 0.29) is 46.4 Å².